The number of rotatable bonds is 13. The first-order chi connectivity index (χ1) is 18.1. The zero-order chi connectivity index (χ0) is 27.7. The van der Waals surface area contributed by atoms with Gasteiger partial charge in [-0.05, 0) is 23.6 Å². The highest BCUT2D eigenvalue weighted by Gasteiger charge is 2.27. The van der Waals surface area contributed by atoms with Crippen molar-refractivity contribution in [2.75, 3.05) is 6.54 Å². The summed E-state index contributed by atoms with van der Waals surface area (Å²) < 4.78 is 0. The number of hydrogen-bond acceptors (Lipinski definition) is 6. The number of para-hydroxylation sites is 1. The predicted molar refractivity (Wildman–Crippen MR) is 137 cm³/mol. The Balaban J connectivity index is 1.55. The van der Waals surface area contributed by atoms with Crippen LogP contribution in [-0.4, -0.2) is 69.5 Å². The van der Waals surface area contributed by atoms with Gasteiger partial charge in [-0.2, -0.15) is 0 Å². The Kier molecular flexibility index (Phi) is 9.54. The molecule has 3 aromatic rings. The fraction of sp³-hybridized carbons (Fsp3) is 0.269. The fourth-order valence-electron chi connectivity index (χ4n) is 3.88. The van der Waals surface area contributed by atoms with Crippen LogP contribution in [0.15, 0.2) is 60.8 Å². The van der Waals surface area contributed by atoms with E-state index in [1.165, 1.54) is 0 Å². The third-order valence-corrected chi connectivity index (χ3v) is 5.80. The Bertz CT molecular complexity index is 1310. The van der Waals surface area contributed by atoms with E-state index in [-0.39, 0.29) is 12.8 Å². The van der Waals surface area contributed by atoms with E-state index in [9.17, 15) is 34.2 Å². The summed E-state index contributed by atoms with van der Waals surface area (Å²) in [6.07, 6.45) is 1.14. The van der Waals surface area contributed by atoms with Crippen LogP contribution in [0.4, 0.5) is 0 Å². The van der Waals surface area contributed by atoms with Crippen molar-refractivity contribution in [2.45, 2.75) is 37.4 Å². The summed E-state index contributed by atoms with van der Waals surface area (Å²) in [4.78, 5) is 63.5. The summed E-state index contributed by atoms with van der Waals surface area (Å²) in [6, 6.07) is 12.3. The molecule has 1 heterocycles. The van der Waals surface area contributed by atoms with Gasteiger partial charge in [0.2, 0.25) is 17.7 Å². The lowest BCUT2D eigenvalue weighted by Crippen LogP contribution is -2.54. The van der Waals surface area contributed by atoms with E-state index in [2.05, 4.69) is 20.9 Å². The van der Waals surface area contributed by atoms with E-state index in [0.717, 1.165) is 16.5 Å². The van der Waals surface area contributed by atoms with Crippen molar-refractivity contribution in [2.24, 2.45) is 5.73 Å². The number of amides is 3. The van der Waals surface area contributed by atoms with E-state index in [1.54, 1.807) is 36.5 Å². The van der Waals surface area contributed by atoms with Gasteiger partial charge in [0.25, 0.3) is 0 Å². The van der Waals surface area contributed by atoms with Gasteiger partial charge in [-0.1, -0.05) is 48.5 Å². The predicted octanol–water partition coefficient (Wildman–Crippen LogP) is -0.0745. The molecule has 200 valence electrons. The number of nitrogens with two attached hydrogens (primary N) is 1. The Morgan fingerprint density at radius 2 is 1.53 bits per heavy atom. The van der Waals surface area contributed by atoms with Crippen molar-refractivity contribution in [3.05, 3.63) is 71.9 Å². The van der Waals surface area contributed by atoms with Gasteiger partial charge in [-0.25, -0.2) is 4.79 Å². The van der Waals surface area contributed by atoms with Gasteiger partial charge >= 0.3 is 11.9 Å². The Morgan fingerprint density at radius 1 is 0.842 bits per heavy atom. The fourth-order valence-corrected chi connectivity index (χ4v) is 3.88. The summed E-state index contributed by atoms with van der Waals surface area (Å²) >= 11 is 0. The summed E-state index contributed by atoms with van der Waals surface area (Å²) in [6.45, 7) is -0.620. The highest BCUT2D eigenvalue weighted by Crippen LogP contribution is 2.18. The lowest BCUT2D eigenvalue weighted by Gasteiger charge is -2.20. The van der Waals surface area contributed by atoms with Gasteiger partial charge in [0, 0.05) is 23.5 Å². The van der Waals surface area contributed by atoms with Crippen molar-refractivity contribution in [1.82, 2.24) is 20.9 Å². The maximum atomic E-state index is 12.7. The van der Waals surface area contributed by atoms with Crippen molar-refractivity contribution < 1.29 is 34.2 Å². The first-order valence-corrected chi connectivity index (χ1v) is 11.8. The minimum Gasteiger partial charge on any atom is -0.481 e. The topological polar surface area (TPSA) is 204 Å². The van der Waals surface area contributed by atoms with Crippen LogP contribution in [0.1, 0.15) is 17.5 Å². The van der Waals surface area contributed by atoms with Crippen LogP contribution >= 0.6 is 0 Å². The van der Waals surface area contributed by atoms with Gasteiger partial charge in [0.05, 0.1) is 19.0 Å². The molecule has 3 rings (SSSR count). The van der Waals surface area contributed by atoms with Gasteiger partial charge < -0.3 is 36.9 Å². The molecule has 0 saturated heterocycles. The number of fused-ring (bicyclic) bond motifs is 1. The van der Waals surface area contributed by atoms with Crippen molar-refractivity contribution >= 4 is 40.6 Å². The first kappa shape index (κ1) is 27.9. The molecule has 3 unspecified atom stereocenters. The van der Waals surface area contributed by atoms with Crippen molar-refractivity contribution in [1.29, 1.82) is 0 Å². The molecule has 0 radical (unpaired) electrons. The Morgan fingerprint density at radius 3 is 2.21 bits per heavy atom. The minimum atomic E-state index is -1.50. The average molecular weight is 524 g/mol. The van der Waals surface area contributed by atoms with E-state index in [4.69, 9.17) is 5.73 Å². The zero-order valence-corrected chi connectivity index (χ0v) is 20.3. The number of hydrogen-bond donors (Lipinski definition) is 7. The molecule has 0 aliphatic heterocycles. The molecule has 0 fully saturated rings. The second-order valence-electron chi connectivity index (χ2n) is 8.70. The molecule has 2 aromatic carbocycles. The lowest BCUT2D eigenvalue weighted by molar-refractivity contribution is -0.142. The summed E-state index contributed by atoms with van der Waals surface area (Å²) in [5, 5.41) is 26.4. The Labute approximate surface area is 217 Å². The largest absolute Gasteiger partial charge is 0.481 e. The normalized spacial score (nSPS) is 13.2. The van der Waals surface area contributed by atoms with Crippen LogP contribution in [0, 0.1) is 0 Å². The van der Waals surface area contributed by atoms with Crippen LogP contribution < -0.4 is 21.7 Å². The molecular formula is C26H29N5O7. The highest BCUT2D eigenvalue weighted by atomic mass is 16.4. The van der Waals surface area contributed by atoms with Crippen LogP contribution in [0.2, 0.25) is 0 Å². The molecule has 0 aliphatic carbocycles. The molecule has 38 heavy (non-hydrogen) atoms. The standard InChI is InChI=1S/C26H29N5O7/c27-18(11-16-13-28-19-9-5-4-8-17(16)19)24(35)31-20(12-23(33)34)25(36)29-14-22(32)30-21(26(37)38)10-15-6-2-1-3-7-15/h1-9,13,18,20-21,28H,10-12,14,27H2,(H,29,36)(H,30,32)(H,31,35)(H,33,34)(H,37,38). The number of carbonyl (C=O) groups is 5. The third-order valence-electron chi connectivity index (χ3n) is 5.80. The first-order valence-electron chi connectivity index (χ1n) is 11.8. The second-order valence-corrected chi connectivity index (χ2v) is 8.70. The molecule has 12 nitrogen and oxygen atoms in total. The number of carboxylic acid groups (broad SMARTS) is 2. The molecule has 8 N–H and O–H groups in total. The smallest absolute Gasteiger partial charge is 0.326 e. The van der Waals surface area contributed by atoms with Crippen LogP contribution in [0.3, 0.4) is 0 Å². The number of benzene rings is 2. The molecule has 3 atom stereocenters. The minimum absolute atomic E-state index is 0.0296. The molecule has 0 spiro atoms. The van der Waals surface area contributed by atoms with E-state index < -0.39 is 60.8 Å². The van der Waals surface area contributed by atoms with Crippen LogP contribution in [0.5, 0.6) is 0 Å². The van der Waals surface area contributed by atoms with Crippen molar-refractivity contribution in [3.63, 3.8) is 0 Å². The maximum Gasteiger partial charge on any atom is 0.326 e. The molecular weight excluding hydrogens is 494 g/mol. The maximum absolute atomic E-state index is 12.7. The van der Waals surface area contributed by atoms with Gasteiger partial charge in [0.1, 0.15) is 12.1 Å². The van der Waals surface area contributed by atoms with Gasteiger partial charge in [0.15, 0.2) is 0 Å². The number of aliphatic carboxylic acids is 2. The monoisotopic (exact) mass is 523 g/mol. The van der Waals surface area contributed by atoms with E-state index >= 15 is 0 Å². The molecule has 0 saturated carbocycles. The van der Waals surface area contributed by atoms with Gasteiger partial charge in [-0.15, -0.1) is 0 Å². The molecule has 12 heteroatoms. The highest BCUT2D eigenvalue weighted by molar-refractivity contribution is 5.94. The van der Waals surface area contributed by atoms with Crippen LogP contribution in [0.25, 0.3) is 10.9 Å². The summed E-state index contributed by atoms with van der Waals surface area (Å²) in [7, 11) is 0. The number of carboxylic acids is 2. The summed E-state index contributed by atoms with van der Waals surface area (Å²) in [5.41, 5.74) is 8.36. The molecule has 0 bridgehead atoms. The molecule has 0 aliphatic rings. The average Bonchev–Trinajstić information content (AvgIpc) is 3.29. The molecule has 3 amide bonds. The number of H-pyrrole nitrogens is 1. The van der Waals surface area contributed by atoms with E-state index in [1.807, 2.05) is 24.3 Å². The third kappa shape index (κ3) is 7.90. The number of nitrogens with one attached hydrogen (secondary N) is 4. The summed E-state index contributed by atoms with van der Waals surface area (Å²) in [5.74, 6) is -5.07. The Hall–Kier alpha value is -4.71. The van der Waals surface area contributed by atoms with Crippen LogP contribution in [-0.2, 0) is 36.8 Å². The lowest BCUT2D eigenvalue weighted by atomic mass is 10.0. The number of aromatic amines is 1. The van der Waals surface area contributed by atoms with Crippen molar-refractivity contribution in [3.8, 4) is 0 Å². The molecule has 1 aromatic heterocycles. The number of aromatic nitrogens is 1. The quantitative estimate of drug-likeness (QED) is 0.161. The number of carbonyl (C=O) groups excluding carboxylic acids is 3. The van der Waals surface area contributed by atoms with Gasteiger partial charge in [-0.3, -0.25) is 19.2 Å². The SMILES string of the molecule is NC(Cc1c[nH]c2ccccc12)C(=O)NC(CC(=O)O)C(=O)NCC(=O)NC(Cc1ccccc1)C(=O)O. The zero-order valence-electron chi connectivity index (χ0n) is 20.3. The second kappa shape index (κ2) is 13.0. The van der Waals surface area contributed by atoms with E-state index in [0.29, 0.717) is 5.56 Å².